The Kier molecular flexibility index (Phi) is 6.17. The average Bonchev–Trinajstić information content (AvgIpc) is 2.55. The van der Waals surface area contributed by atoms with Crippen molar-refractivity contribution >= 4 is 17.5 Å². The maximum Gasteiger partial charge on any atom is 0.262 e. The molecule has 0 bridgehead atoms. The van der Waals surface area contributed by atoms with Crippen molar-refractivity contribution in [2.24, 2.45) is 0 Å². The number of carbonyl (C=O) groups excluding carboxylic acids is 2. The Labute approximate surface area is 148 Å². The van der Waals surface area contributed by atoms with Gasteiger partial charge >= 0.3 is 0 Å². The molecule has 0 saturated carbocycles. The molecule has 5 heteroatoms. The molecule has 0 aromatic heterocycles. The number of hydrogen-bond acceptors (Lipinski definition) is 3. The first-order valence-electron chi connectivity index (χ1n) is 8.14. The monoisotopic (exact) mass is 340 g/mol. The van der Waals surface area contributed by atoms with Crippen molar-refractivity contribution in [2.45, 2.75) is 20.3 Å². The smallest absolute Gasteiger partial charge is 0.262 e. The molecule has 0 unspecified atom stereocenters. The molecule has 1 N–H and O–H groups in total. The van der Waals surface area contributed by atoms with Crippen LogP contribution in [0.3, 0.4) is 0 Å². The molecular formula is C20H24N2O3. The predicted molar refractivity (Wildman–Crippen MR) is 98.9 cm³/mol. The molecule has 0 aliphatic heterocycles. The quantitative estimate of drug-likeness (QED) is 0.879. The summed E-state index contributed by atoms with van der Waals surface area (Å²) in [5.41, 5.74) is 3.74. The Morgan fingerprint density at radius 2 is 1.72 bits per heavy atom. The molecule has 0 radical (unpaired) electrons. The van der Waals surface area contributed by atoms with E-state index in [2.05, 4.69) is 5.32 Å². The summed E-state index contributed by atoms with van der Waals surface area (Å²) in [5.74, 6) is 0.522. The Morgan fingerprint density at radius 1 is 1.04 bits per heavy atom. The van der Waals surface area contributed by atoms with Gasteiger partial charge in [-0.15, -0.1) is 0 Å². The highest BCUT2D eigenvalue weighted by atomic mass is 16.5. The molecule has 5 nitrogen and oxygen atoms in total. The number of anilines is 1. The molecule has 0 aliphatic carbocycles. The first-order chi connectivity index (χ1) is 11.8. The number of likely N-dealkylation sites (N-methyl/N-ethyl adjacent to an activating group) is 1. The Hall–Kier alpha value is -2.82. The number of carbonyl (C=O) groups is 2. The van der Waals surface area contributed by atoms with Gasteiger partial charge in [0, 0.05) is 19.8 Å². The molecule has 2 aromatic rings. The van der Waals surface area contributed by atoms with Crippen molar-refractivity contribution in [1.29, 1.82) is 0 Å². The Balaban J connectivity index is 1.87. The molecule has 0 atom stereocenters. The van der Waals surface area contributed by atoms with Gasteiger partial charge in [-0.3, -0.25) is 9.59 Å². The number of nitrogens with zero attached hydrogens (tertiary/aromatic N) is 1. The van der Waals surface area contributed by atoms with Gasteiger partial charge in [0.1, 0.15) is 5.75 Å². The summed E-state index contributed by atoms with van der Waals surface area (Å²) in [7, 11) is 3.46. The van der Waals surface area contributed by atoms with Crippen molar-refractivity contribution in [1.82, 2.24) is 4.90 Å². The van der Waals surface area contributed by atoms with Crippen LogP contribution in [0.5, 0.6) is 5.75 Å². The lowest BCUT2D eigenvalue weighted by Crippen LogP contribution is -2.23. The summed E-state index contributed by atoms with van der Waals surface area (Å²) in [4.78, 5) is 25.3. The third-order valence-electron chi connectivity index (χ3n) is 3.78. The highest BCUT2D eigenvalue weighted by molar-refractivity contribution is 5.92. The van der Waals surface area contributed by atoms with Gasteiger partial charge in [-0.2, -0.15) is 0 Å². The number of ether oxygens (including phenoxy) is 1. The van der Waals surface area contributed by atoms with Crippen LogP contribution in [0.25, 0.3) is 0 Å². The van der Waals surface area contributed by atoms with Crippen LogP contribution in [0, 0.1) is 13.8 Å². The van der Waals surface area contributed by atoms with E-state index in [0.717, 1.165) is 16.7 Å². The molecule has 0 fully saturated rings. The molecule has 0 aliphatic rings. The highest BCUT2D eigenvalue weighted by Crippen LogP contribution is 2.18. The lowest BCUT2D eigenvalue weighted by Gasteiger charge is -2.11. The molecule has 2 aromatic carbocycles. The SMILES string of the molecule is Cc1ccc(OCC(=O)Nc2ccc(CC(=O)N(C)C)cc2)c(C)c1. The standard InChI is InChI=1S/C20H24N2O3/c1-14-5-10-18(15(2)11-14)25-13-19(23)21-17-8-6-16(7-9-17)12-20(24)22(3)4/h5-11H,12-13H2,1-4H3,(H,21,23). The minimum absolute atomic E-state index is 0.0404. The van der Waals surface area contributed by atoms with E-state index in [1.54, 1.807) is 31.1 Å². The largest absolute Gasteiger partial charge is 0.483 e. The number of rotatable bonds is 6. The van der Waals surface area contributed by atoms with Crippen molar-refractivity contribution in [2.75, 3.05) is 26.0 Å². The van der Waals surface area contributed by atoms with Crippen molar-refractivity contribution in [3.63, 3.8) is 0 Å². The minimum Gasteiger partial charge on any atom is -0.483 e. The normalized spacial score (nSPS) is 10.2. The van der Waals surface area contributed by atoms with E-state index in [1.807, 2.05) is 44.2 Å². The summed E-state index contributed by atoms with van der Waals surface area (Å²) in [6.45, 7) is 3.91. The number of hydrogen-bond donors (Lipinski definition) is 1. The van der Waals surface area contributed by atoms with Gasteiger partial charge in [-0.1, -0.05) is 29.8 Å². The second-order valence-electron chi connectivity index (χ2n) is 6.27. The topological polar surface area (TPSA) is 58.6 Å². The maximum atomic E-state index is 12.0. The first kappa shape index (κ1) is 18.5. The fourth-order valence-corrected chi connectivity index (χ4v) is 2.34. The molecule has 25 heavy (non-hydrogen) atoms. The van der Waals surface area contributed by atoms with E-state index < -0.39 is 0 Å². The van der Waals surface area contributed by atoms with Crippen LogP contribution in [0.15, 0.2) is 42.5 Å². The van der Waals surface area contributed by atoms with Crippen LogP contribution in [-0.2, 0) is 16.0 Å². The van der Waals surface area contributed by atoms with Crippen LogP contribution in [0.2, 0.25) is 0 Å². The first-order valence-corrected chi connectivity index (χ1v) is 8.14. The van der Waals surface area contributed by atoms with E-state index >= 15 is 0 Å². The zero-order valence-electron chi connectivity index (χ0n) is 15.1. The van der Waals surface area contributed by atoms with Crippen molar-refractivity contribution in [3.05, 3.63) is 59.2 Å². The molecule has 0 spiro atoms. The Bertz CT molecular complexity index is 752. The van der Waals surface area contributed by atoms with E-state index in [0.29, 0.717) is 17.9 Å². The zero-order valence-corrected chi connectivity index (χ0v) is 15.1. The molecule has 0 saturated heterocycles. The second-order valence-corrected chi connectivity index (χ2v) is 6.27. The van der Waals surface area contributed by atoms with Gasteiger partial charge in [0.15, 0.2) is 6.61 Å². The van der Waals surface area contributed by atoms with Gasteiger partial charge < -0.3 is 15.0 Å². The number of amides is 2. The minimum atomic E-state index is -0.225. The number of nitrogens with one attached hydrogen (secondary N) is 1. The van der Waals surface area contributed by atoms with Crippen molar-refractivity contribution < 1.29 is 14.3 Å². The molecular weight excluding hydrogens is 316 g/mol. The third-order valence-corrected chi connectivity index (χ3v) is 3.78. The zero-order chi connectivity index (χ0) is 18.4. The van der Waals surface area contributed by atoms with Gasteiger partial charge in [0.2, 0.25) is 5.91 Å². The summed E-state index contributed by atoms with van der Waals surface area (Å²) < 4.78 is 5.57. The average molecular weight is 340 g/mol. The number of benzene rings is 2. The van der Waals surface area contributed by atoms with Crippen LogP contribution >= 0.6 is 0 Å². The maximum absolute atomic E-state index is 12.0. The highest BCUT2D eigenvalue weighted by Gasteiger charge is 2.08. The van der Waals surface area contributed by atoms with Gasteiger partial charge in [-0.25, -0.2) is 0 Å². The molecule has 2 amide bonds. The van der Waals surface area contributed by atoms with E-state index in [-0.39, 0.29) is 18.4 Å². The van der Waals surface area contributed by atoms with Crippen LogP contribution in [0.1, 0.15) is 16.7 Å². The van der Waals surface area contributed by atoms with Gasteiger partial charge in [-0.05, 0) is 43.2 Å². The summed E-state index contributed by atoms with van der Waals surface area (Å²) in [6.07, 6.45) is 0.344. The predicted octanol–water partition coefficient (Wildman–Crippen LogP) is 2.95. The third kappa shape index (κ3) is 5.64. The fourth-order valence-electron chi connectivity index (χ4n) is 2.34. The lowest BCUT2D eigenvalue weighted by atomic mass is 10.1. The van der Waals surface area contributed by atoms with E-state index in [9.17, 15) is 9.59 Å². The summed E-state index contributed by atoms with van der Waals surface area (Å²) in [5, 5.41) is 2.79. The Morgan fingerprint density at radius 3 is 2.32 bits per heavy atom. The van der Waals surface area contributed by atoms with E-state index in [4.69, 9.17) is 4.74 Å². The van der Waals surface area contributed by atoms with Crippen LogP contribution in [-0.4, -0.2) is 37.4 Å². The second kappa shape index (κ2) is 8.33. The lowest BCUT2D eigenvalue weighted by molar-refractivity contribution is -0.128. The summed E-state index contributed by atoms with van der Waals surface area (Å²) >= 11 is 0. The van der Waals surface area contributed by atoms with Crippen LogP contribution in [0.4, 0.5) is 5.69 Å². The molecule has 0 heterocycles. The molecule has 132 valence electrons. The fraction of sp³-hybridized carbons (Fsp3) is 0.300. The molecule has 2 rings (SSSR count). The van der Waals surface area contributed by atoms with Crippen molar-refractivity contribution in [3.8, 4) is 5.75 Å². The van der Waals surface area contributed by atoms with Gasteiger partial charge in [0.25, 0.3) is 5.91 Å². The van der Waals surface area contributed by atoms with E-state index in [1.165, 1.54) is 0 Å². The summed E-state index contributed by atoms with van der Waals surface area (Å²) in [6, 6.07) is 13.1. The van der Waals surface area contributed by atoms with Crippen LogP contribution < -0.4 is 10.1 Å². The van der Waals surface area contributed by atoms with Gasteiger partial charge in [0.05, 0.1) is 6.42 Å². The number of aryl methyl sites for hydroxylation is 2.